The standard InChI is InChI=1S/C20H15N3O4S/c24-17(22-12-5-6-14-15(9-12)27-8-7-26-14)10-23-11-21-18-13-3-1-2-4-16(13)28-19(18)20(23)25/h1-6,9,11H,7-8,10H2,(H,22,24). The maximum atomic E-state index is 12.8. The van der Waals surface area contributed by atoms with Crippen molar-refractivity contribution in [2.75, 3.05) is 18.5 Å². The number of nitrogens with zero attached hydrogens (tertiary/aromatic N) is 2. The van der Waals surface area contributed by atoms with Crippen LogP contribution in [-0.4, -0.2) is 28.7 Å². The van der Waals surface area contributed by atoms with E-state index in [0.717, 1.165) is 10.1 Å². The van der Waals surface area contributed by atoms with Crippen molar-refractivity contribution < 1.29 is 14.3 Å². The lowest BCUT2D eigenvalue weighted by molar-refractivity contribution is -0.116. The summed E-state index contributed by atoms with van der Waals surface area (Å²) >= 11 is 1.39. The first-order chi connectivity index (χ1) is 13.7. The van der Waals surface area contributed by atoms with Crippen molar-refractivity contribution in [1.29, 1.82) is 0 Å². The van der Waals surface area contributed by atoms with E-state index in [4.69, 9.17) is 9.47 Å². The van der Waals surface area contributed by atoms with Gasteiger partial charge in [-0.1, -0.05) is 18.2 Å². The van der Waals surface area contributed by atoms with Crippen LogP contribution in [0.3, 0.4) is 0 Å². The largest absolute Gasteiger partial charge is 0.486 e. The molecule has 5 rings (SSSR count). The Kier molecular flexibility index (Phi) is 3.98. The molecule has 1 amide bonds. The normalized spacial score (nSPS) is 13.0. The first kappa shape index (κ1) is 16.8. The van der Waals surface area contributed by atoms with E-state index in [0.29, 0.717) is 40.6 Å². The van der Waals surface area contributed by atoms with E-state index < -0.39 is 0 Å². The third-order valence-electron chi connectivity index (χ3n) is 4.49. The summed E-state index contributed by atoms with van der Waals surface area (Å²) in [5.74, 6) is 0.926. The SMILES string of the molecule is O=C(Cn1cnc2c(sc3ccccc32)c1=O)Nc1ccc2c(c1)OCCO2. The fraction of sp³-hybridized carbons (Fsp3) is 0.150. The summed E-state index contributed by atoms with van der Waals surface area (Å²) in [7, 11) is 0. The van der Waals surface area contributed by atoms with Gasteiger partial charge < -0.3 is 14.8 Å². The van der Waals surface area contributed by atoms with Gasteiger partial charge in [0.25, 0.3) is 5.56 Å². The highest BCUT2D eigenvalue weighted by Crippen LogP contribution is 2.32. The van der Waals surface area contributed by atoms with Gasteiger partial charge in [-0.25, -0.2) is 4.98 Å². The Morgan fingerprint density at radius 1 is 1.14 bits per heavy atom. The topological polar surface area (TPSA) is 82.5 Å². The van der Waals surface area contributed by atoms with Crippen molar-refractivity contribution in [2.45, 2.75) is 6.54 Å². The molecular formula is C20H15N3O4S. The maximum Gasteiger partial charge on any atom is 0.271 e. The lowest BCUT2D eigenvalue weighted by Crippen LogP contribution is -2.27. The van der Waals surface area contributed by atoms with Crippen LogP contribution in [0, 0.1) is 0 Å². The van der Waals surface area contributed by atoms with Gasteiger partial charge in [-0.2, -0.15) is 0 Å². The zero-order valence-corrected chi connectivity index (χ0v) is 15.5. The minimum atomic E-state index is -0.318. The Bertz CT molecular complexity index is 1280. The first-order valence-corrected chi connectivity index (χ1v) is 9.57. The van der Waals surface area contributed by atoms with E-state index >= 15 is 0 Å². The Labute approximate surface area is 163 Å². The lowest BCUT2D eigenvalue weighted by atomic mass is 10.2. The first-order valence-electron chi connectivity index (χ1n) is 8.75. The van der Waals surface area contributed by atoms with Crippen LogP contribution >= 0.6 is 11.3 Å². The molecule has 0 aliphatic carbocycles. The number of hydrogen-bond acceptors (Lipinski definition) is 6. The molecule has 0 saturated heterocycles. The second-order valence-corrected chi connectivity index (χ2v) is 7.41. The Morgan fingerprint density at radius 3 is 2.86 bits per heavy atom. The van der Waals surface area contributed by atoms with Crippen molar-refractivity contribution in [2.24, 2.45) is 0 Å². The number of thiophene rings is 1. The highest BCUT2D eigenvalue weighted by Gasteiger charge is 2.15. The average Bonchev–Trinajstić information content (AvgIpc) is 3.09. The third-order valence-corrected chi connectivity index (χ3v) is 5.64. The van der Waals surface area contributed by atoms with Gasteiger partial charge in [0, 0.05) is 21.8 Å². The van der Waals surface area contributed by atoms with Crippen LogP contribution in [0.2, 0.25) is 0 Å². The molecule has 0 atom stereocenters. The predicted octanol–water partition coefficient (Wildman–Crippen LogP) is 3.02. The van der Waals surface area contributed by atoms with Crippen molar-refractivity contribution in [1.82, 2.24) is 9.55 Å². The molecule has 3 heterocycles. The summed E-state index contributed by atoms with van der Waals surface area (Å²) in [4.78, 5) is 29.6. The van der Waals surface area contributed by atoms with E-state index in [2.05, 4.69) is 10.3 Å². The Morgan fingerprint density at radius 2 is 1.96 bits per heavy atom. The number of carbonyl (C=O) groups excluding carboxylic acids is 1. The molecule has 7 nitrogen and oxygen atoms in total. The summed E-state index contributed by atoms with van der Waals surface area (Å²) in [6, 6.07) is 12.9. The van der Waals surface area contributed by atoms with Gasteiger partial charge in [0.1, 0.15) is 24.5 Å². The van der Waals surface area contributed by atoms with Crippen LogP contribution in [0.1, 0.15) is 0 Å². The maximum absolute atomic E-state index is 12.8. The van der Waals surface area contributed by atoms with E-state index in [1.54, 1.807) is 18.2 Å². The zero-order valence-electron chi connectivity index (χ0n) is 14.7. The molecule has 0 unspecified atom stereocenters. The van der Waals surface area contributed by atoms with E-state index in [9.17, 15) is 9.59 Å². The van der Waals surface area contributed by atoms with Crippen LogP contribution < -0.4 is 20.3 Å². The van der Waals surface area contributed by atoms with Crippen molar-refractivity contribution in [3.8, 4) is 11.5 Å². The van der Waals surface area contributed by atoms with Crippen LogP contribution in [0.4, 0.5) is 5.69 Å². The Balaban J connectivity index is 1.40. The van der Waals surface area contributed by atoms with Crippen molar-refractivity contribution >= 4 is 43.2 Å². The molecule has 0 fully saturated rings. The molecule has 0 radical (unpaired) electrons. The fourth-order valence-corrected chi connectivity index (χ4v) is 4.31. The highest BCUT2D eigenvalue weighted by molar-refractivity contribution is 7.25. The number of benzene rings is 2. The number of amides is 1. The van der Waals surface area contributed by atoms with Gasteiger partial charge in [0.15, 0.2) is 11.5 Å². The Hall–Kier alpha value is -3.39. The van der Waals surface area contributed by atoms with Crippen molar-refractivity contribution in [3.63, 3.8) is 0 Å². The number of aromatic nitrogens is 2. The molecule has 0 bridgehead atoms. The van der Waals surface area contributed by atoms with Crippen LogP contribution in [0.25, 0.3) is 20.3 Å². The third kappa shape index (κ3) is 2.87. The number of hydrogen-bond donors (Lipinski definition) is 1. The predicted molar refractivity (Wildman–Crippen MR) is 107 cm³/mol. The van der Waals surface area contributed by atoms with Gasteiger partial charge >= 0.3 is 0 Å². The minimum Gasteiger partial charge on any atom is -0.486 e. The quantitative estimate of drug-likeness (QED) is 0.579. The monoisotopic (exact) mass is 393 g/mol. The zero-order chi connectivity index (χ0) is 19.1. The highest BCUT2D eigenvalue weighted by atomic mass is 32.1. The second kappa shape index (κ2) is 6.65. The molecule has 1 aliphatic heterocycles. The van der Waals surface area contributed by atoms with Crippen LogP contribution in [0.5, 0.6) is 11.5 Å². The molecule has 2 aromatic carbocycles. The summed E-state index contributed by atoms with van der Waals surface area (Å²) < 4.78 is 13.9. The summed E-state index contributed by atoms with van der Waals surface area (Å²) in [6.07, 6.45) is 1.42. The van der Waals surface area contributed by atoms with Gasteiger partial charge in [-0.15, -0.1) is 11.3 Å². The van der Waals surface area contributed by atoms with Crippen molar-refractivity contribution in [3.05, 3.63) is 59.1 Å². The van der Waals surface area contributed by atoms with Gasteiger partial charge in [-0.05, 0) is 18.2 Å². The second-order valence-electron chi connectivity index (χ2n) is 6.36. The summed E-state index contributed by atoms with van der Waals surface area (Å²) in [5, 5.41) is 3.74. The molecule has 4 aromatic rings. The molecule has 140 valence electrons. The number of anilines is 1. The van der Waals surface area contributed by atoms with Gasteiger partial charge in [-0.3, -0.25) is 14.2 Å². The number of carbonyl (C=O) groups is 1. The lowest BCUT2D eigenvalue weighted by Gasteiger charge is -2.19. The van der Waals surface area contributed by atoms with Crippen LogP contribution in [-0.2, 0) is 11.3 Å². The number of fused-ring (bicyclic) bond motifs is 4. The smallest absolute Gasteiger partial charge is 0.271 e. The fourth-order valence-electron chi connectivity index (χ4n) is 3.20. The molecule has 2 aromatic heterocycles. The van der Waals surface area contributed by atoms with E-state index in [1.165, 1.54) is 22.2 Å². The number of rotatable bonds is 3. The molecule has 28 heavy (non-hydrogen) atoms. The van der Waals surface area contributed by atoms with Gasteiger partial charge in [0.2, 0.25) is 5.91 Å². The molecule has 0 saturated carbocycles. The molecule has 8 heteroatoms. The summed E-state index contributed by atoms with van der Waals surface area (Å²) in [5.41, 5.74) is 1.04. The number of nitrogens with one attached hydrogen (secondary N) is 1. The van der Waals surface area contributed by atoms with E-state index in [-0.39, 0.29) is 18.0 Å². The van der Waals surface area contributed by atoms with Gasteiger partial charge in [0.05, 0.1) is 11.8 Å². The van der Waals surface area contributed by atoms with Crippen LogP contribution in [0.15, 0.2) is 53.6 Å². The average molecular weight is 393 g/mol. The molecule has 0 spiro atoms. The van der Waals surface area contributed by atoms with E-state index in [1.807, 2.05) is 24.3 Å². The molecular weight excluding hydrogens is 378 g/mol. The number of ether oxygens (including phenoxy) is 2. The summed E-state index contributed by atoms with van der Waals surface area (Å²) in [6.45, 7) is 0.861. The minimum absolute atomic E-state index is 0.121. The molecule has 1 aliphatic rings. The molecule has 1 N–H and O–H groups in total.